The van der Waals surface area contributed by atoms with E-state index >= 15 is 0 Å². The van der Waals surface area contributed by atoms with Crippen molar-refractivity contribution in [2.75, 3.05) is 5.75 Å². The molecule has 1 fully saturated rings. The number of unbranched alkanes of at least 4 members (excludes halogenated alkanes) is 1. The summed E-state index contributed by atoms with van der Waals surface area (Å²) in [6.07, 6.45) is 13.9. The van der Waals surface area contributed by atoms with Gasteiger partial charge in [-0.3, -0.25) is 0 Å². The predicted octanol–water partition coefficient (Wildman–Crippen LogP) is 5.91. The number of sulfone groups is 1. The Morgan fingerprint density at radius 3 is 2.48 bits per heavy atom. The van der Waals surface area contributed by atoms with Crippen LogP contribution in [0.5, 0.6) is 0 Å². The third kappa shape index (κ3) is 5.82. The van der Waals surface area contributed by atoms with Gasteiger partial charge in [-0.2, -0.15) is 0 Å². The monoisotopic (exact) mass is 390 g/mol. The molecule has 1 saturated carbocycles. The molecule has 27 heavy (non-hydrogen) atoms. The van der Waals surface area contributed by atoms with Crippen LogP contribution in [0.3, 0.4) is 0 Å². The Balaban J connectivity index is 1.41. The highest BCUT2D eigenvalue weighted by atomic mass is 32.2. The van der Waals surface area contributed by atoms with E-state index in [0.717, 1.165) is 38.0 Å². The summed E-state index contributed by atoms with van der Waals surface area (Å²) < 4.78 is 25.2. The van der Waals surface area contributed by atoms with Gasteiger partial charge in [-0.25, -0.2) is 8.42 Å². The minimum Gasteiger partial charge on any atom is -0.229 e. The van der Waals surface area contributed by atoms with Crippen molar-refractivity contribution in [1.29, 1.82) is 0 Å². The molecule has 0 aliphatic heterocycles. The molecule has 0 amide bonds. The van der Waals surface area contributed by atoms with E-state index in [0.29, 0.717) is 11.7 Å². The molecule has 152 valence electrons. The molecule has 0 N–H and O–H groups in total. The van der Waals surface area contributed by atoms with Gasteiger partial charge in [0.15, 0.2) is 9.84 Å². The Kier molecular flexibility index (Phi) is 7.42. The zero-order valence-electron chi connectivity index (χ0n) is 17.4. The van der Waals surface area contributed by atoms with Crippen molar-refractivity contribution in [2.24, 2.45) is 11.8 Å². The number of hydrogen-bond acceptors (Lipinski definition) is 2. The van der Waals surface area contributed by atoms with Crippen molar-refractivity contribution in [3.05, 3.63) is 34.9 Å². The first-order chi connectivity index (χ1) is 13.0. The van der Waals surface area contributed by atoms with Crippen LogP contribution in [0.2, 0.25) is 0 Å². The standard InChI is InChI=1S/C24H38O2S/c1-3-4-6-19(2)27(25,26)18-22-13-10-20(11-14-22)9-12-21-15-16-23-7-5-8-24(23)17-21/h15-17,19-20,22H,3-14,18H2,1-2H3. The Morgan fingerprint density at radius 1 is 1.04 bits per heavy atom. The number of rotatable bonds is 9. The number of fused-ring (bicyclic) bond motifs is 1. The first kappa shape index (κ1) is 20.9. The quantitative estimate of drug-likeness (QED) is 0.525. The molecule has 1 aromatic rings. The maximum absolute atomic E-state index is 12.6. The second-order valence-corrected chi connectivity index (χ2v) is 11.6. The minimum atomic E-state index is -2.91. The Morgan fingerprint density at radius 2 is 1.74 bits per heavy atom. The Bertz CT molecular complexity index is 699. The van der Waals surface area contributed by atoms with Gasteiger partial charge in [0.05, 0.1) is 11.0 Å². The van der Waals surface area contributed by atoms with Gasteiger partial charge < -0.3 is 0 Å². The fraction of sp³-hybridized carbons (Fsp3) is 0.750. The van der Waals surface area contributed by atoms with Gasteiger partial charge in [-0.1, -0.05) is 50.8 Å². The van der Waals surface area contributed by atoms with Crippen LogP contribution >= 0.6 is 0 Å². The molecular weight excluding hydrogens is 352 g/mol. The molecule has 1 atom stereocenters. The lowest BCUT2D eigenvalue weighted by molar-refractivity contribution is 0.278. The molecule has 1 aromatic carbocycles. The van der Waals surface area contributed by atoms with E-state index in [1.54, 1.807) is 11.1 Å². The van der Waals surface area contributed by atoms with Crippen molar-refractivity contribution in [1.82, 2.24) is 0 Å². The van der Waals surface area contributed by atoms with Crippen LogP contribution in [-0.2, 0) is 29.1 Å². The summed E-state index contributed by atoms with van der Waals surface area (Å²) in [7, 11) is -2.91. The van der Waals surface area contributed by atoms with Crippen LogP contribution in [0.1, 0.15) is 88.3 Å². The minimum absolute atomic E-state index is 0.157. The predicted molar refractivity (Wildman–Crippen MR) is 115 cm³/mol. The first-order valence-electron chi connectivity index (χ1n) is 11.3. The van der Waals surface area contributed by atoms with Crippen LogP contribution in [-0.4, -0.2) is 19.4 Å². The van der Waals surface area contributed by atoms with Gasteiger partial charge in [0.1, 0.15) is 0 Å². The zero-order chi connectivity index (χ0) is 19.3. The van der Waals surface area contributed by atoms with E-state index in [-0.39, 0.29) is 5.25 Å². The second-order valence-electron chi connectivity index (χ2n) is 9.16. The lowest BCUT2D eigenvalue weighted by Crippen LogP contribution is -2.28. The number of hydrogen-bond donors (Lipinski definition) is 0. The fourth-order valence-electron chi connectivity index (χ4n) is 5.00. The van der Waals surface area contributed by atoms with Gasteiger partial charge in [0.25, 0.3) is 0 Å². The summed E-state index contributed by atoms with van der Waals surface area (Å²) in [5, 5.41) is -0.157. The lowest BCUT2D eigenvalue weighted by atomic mass is 9.80. The number of benzene rings is 1. The molecule has 2 aliphatic carbocycles. The van der Waals surface area contributed by atoms with E-state index < -0.39 is 9.84 Å². The third-order valence-corrected chi connectivity index (χ3v) is 9.41. The van der Waals surface area contributed by atoms with Gasteiger partial charge in [0.2, 0.25) is 0 Å². The van der Waals surface area contributed by atoms with Crippen LogP contribution in [0.25, 0.3) is 0 Å². The van der Waals surface area contributed by atoms with Gasteiger partial charge in [-0.15, -0.1) is 0 Å². The molecule has 0 aromatic heterocycles. The number of aryl methyl sites for hydroxylation is 3. The van der Waals surface area contributed by atoms with Crippen molar-refractivity contribution in [2.45, 2.75) is 96.1 Å². The van der Waals surface area contributed by atoms with Crippen LogP contribution < -0.4 is 0 Å². The summed E-state index contributed by atoms with van der Waals surface area (Å²) in [5.74, 6) is 1.61. The normalized spacial score (nSPS) is 23.9. The average Bonchev–Trinajstić information content (AvgIpc) is 3.13. The van der Waals surface area contributed by atoms with Crippen molar-refractivity contribution >= 4 is 9.84 Å². The smallest absolute Gasteiger partial charge is 0.153 e. The highest BCUT2D eigenvalue weighted by molar-refractivity contribution is 7.92. The molecule has 0 saturated heterocycles. The van der Waals surface area contributed by atoms with Crippen molar-refractivity contribution in [3.63, 3.8) is 0 Å². The largest absolute Gasteiger partial charge is 0.229 e. The van der Waals surface area contributed by atoms with E-state index in [4.69, 9.17) is 0 Å². The summed E-state index contributed by atoms with van der Waals surface area (Å²) in [6.45, 7) is 4.04. The van der Waals surface area contributed by atoms with E-state index in [1.165, 1.54) is 50.5 Å². The lowest BCUT2D eigenvalue weighted by Gasteiger charge is -2.29. The van der Waals surface area contributed by atoms with E-state index in [9.17, 15) is 8.42 Å². The summed E-state index contributed by atoms with van der Waals surface area (Å²) in [5.41, 5.74) is 4.65. The van der Waals surface area contributed by atoms with Crippen molar-refractivity contribution in [3.8, 4) is 0 Å². The highest BCUT2D eigenvalue weighted by Crippen LogP contribution is 2.33. The molecule has 3 heteroatoms. The maximum Gasteiger partial charge on any atom is 0.153 e. The Labute approximate surface area is 167 Å². The zero-order valence-corrected chi connectivity index (χ0v) is 18.2. The summed E-state index contributed by atoms with van der Waals surface area (Å²) in [4.78, 5) is 0. The first-order valence-corrected chi connectivity index (χ1v) is 13.0. The van der Waals surface area contributed by atoms with Crippen LogP contribution in [0.15, 0.2) is 18.2 Å². The molecule has 2 nitrogen and oxygen atoms in total. The Hall–Kier alpha value is -0.830. The average molecular weight is 391 g/mol. The van der Waals surface area contributed by atoms with Gasteiger partial charge >= 0.3 is 0 Å². The topological polar surface area (TPSA) is 34.1 Å². The molecule has 0 spiro atoms. The summed E-state index contributed by atoms with van der Waals surface area (Å²) in [6, 6.07) is 7.12. The van der Waals surface area contributed by atoms with Crippen molar-refractivity contribution < 1.29 is 8.42 Å². The fourth-order valence-corrected chi connectivity index (χ4v) is 6.85. The second kappa shape index (κ2) is 9.58. The maximum atomic E-state index is 12.6. The summed E-state index contributed by atoms with van der Waals surface area (Å²) >= 11 is 0. The molecular formula is C24H38O2S. The van der Waals surface area contributed by atoms with Gasteiger partial charge in [0, 0.05) is 0 Å². The van der Waals surface area contributed by atoms with Gasteiger partial charge in [-0.05, 0) is 86.8 Å². The van der Waals surface area contributed by atoms with Crippen LogP contribution in [0.4, 0.5) is 0 Å². The van der Waals surface area contributed by atoms with Crippen LogP contribution in [0, 0.1) is 11.8 Å². The highest BCUT2D eigenvalue weighted by Gasteiger charge is 2.28. The van der Waals surface area contributed by atoms with E-state index in [2.05, 4.69) is 25.1 Å². The SMILES string of the molecule is CCCCC(C)S(=O)(=O)CC1CCC(CCc2ccc3c(c2)CCC3)CC1. The molecule has 0 heterocycles. The van der Waals surface area contributed by atoms with E-state index in [1.807, 2.05) is 6.92 Å². The molecule has 2 aliphatic rings. The molecule has 0 radical (unpaired) electrons. The third-order valence-electron chi connectivity index (χ3n) is 7.02. The molecule has 3 rings (SSSR count). The molecule has 0 bridgehead atoms. The molecule has 1 unspecified atom stereocenters.